The van der Waals surface area contributed by atoms with E-state index < -0.39 is 0 Å². The molecule has 2 nitrogen and oxygen atoms in total. The zero-order chi connectivity index (χ0) is 14.2. The van der Waals surface area contributed by atoms with Crippen LogP contribution < -0.4 is 0 Å². The lowest BCUT2D eigenvalue weighted by Crippen LogP contribution is -2.21. The minimum absolute atomic E-state index is 0.0977. The zero-order valence-corrected chi connectivity index (χ0v) is 13.1. The van der Waals surface area contributed by atoms with Gasteiger partial charge in [0.15, 0.2) is 0 Å². The van der Waals surface area contributed by atoms with E-state index in [4.69, 9.17) is 4.74 Å². The molecule has 0 saturated carbocycles. The molecule has 3 heteroatoms. The Morgan fingerprint density at radius 1 is 1.40 bits per heavy atom. The number of benzene rings is 1. The van der Waals surface area contributed by atoms with E-state index >= 15 is 0 Å². The lowest BCUT2D eigenvalue weighted by molar-refractivity contribution is -0.150. The number of halogens is 1. The molecule has 0 N–H and O–H groups in total. The summed E-state index contributed by atoms with van der Waals surface area (Å²) in [5, 5.41) is 0. The maximum atomic E-state index is 11.2. The summed E-state index contributed by atoms with van der Waals surface area (Å²) in [6.07, 6.45) is 7.22. The Kier molecular flexibility index (Phi) is 6.10. The van der Waals surface area contributed by atoms with E-state index in [2.05, 4.69) is 45.9 Å². The average molecular weight is 335 g/mol. The number of hydrogen-bond acceptors (Lipinski definition) is 2. The maximum Gasteiger partial charge on any atom is 0.306 e. The summed E-state index contributed by atoms with van der Waals surface area (Å²) < 4.78 is 6.26. The first-order valence-electron chi connectivity index (χ1n) is 7.08. The first-order chi connectivity index (χ1) is 9.74. The molecule has 1 atom stereocenters. The van der Waals surface area contributed by atoms with Crippen molar-refractivity contribution in [2.45, 2.75) is 44.6 Å². The minimum Gasteiger partial charge on any atom is -0.457 e. The van der Waals surface area contributed by atoms with Gasteiger partial charge in [0.05, 0.1) is 0 Å². The molecule has 106 valence electrons. The second kappa shape index (κ2) is 8.08. The van der Waals surface area contributed by atoms with E-state index in [1.165, 1.54) is 5.56 Å². The van der Waals surface area contributed by atoms with Crippen LogP contribution in [0.5, 0.6) is 0 Å². The van der Waals surface area contributed by atoms with Crippen molar-refractivity contribution in [1.29, 1.82) is 0 Å². The van der Waals surface area contributed by atoms with Crippen LogP contribution in [0.2, 0.25) is 0 Å². The Balaban J connectivity index is 1.77. The lowest BCUT2D eigenvalue weighted by Gasteiger charge is -2.18. The monoisotopic (exact) mass is 334 g/mol. The van der Waals surface area contributed by atoms with Gasteiger partial charge in [-0.1, -0.05) is 30.3 Å². The summed E-state index contributed by atoms with van der Waals surface area (Å²) in [5.74, 6) is -0.0977. The fraction of sp³-hybridized carbons (Fsp3) is 0.412. The van der Waals surface area contributed by atoms with Gasteiger partial charge in [0.25, 0.3) is 0 Å². The van der Waals surface area contributed by atoms with Crippen LogP contribution in [-0.2, 0) is 16.0 Å². The Bertz CT molecular complexity index is 501. The van der Waals surface area contributed by atoms with Gasteiger partial charge in [-0.3, -0.25) is 4.79 Å². The number of ether oxygens (including phenoxy) is 1. The van der Waals surface area contributed by atoms with E-state index in [1.54, 1.807) is 0 Å². The van der Waals surface area contributed by atoms with E-state index in [0.29, 0.717) is 6.42 Å². The summed E-state index contributed by atoms with van der Waals surface area (Å²) in [5.41, 5.74) is 4.55. The third-order valence-corrected chi connectivity index (χ3v) is 3.91. The number of carbonyl (C=O) groups excluding carboxylic acids is 1. The van der Waals surface area contributed by atoms with Crippen LogP contribution >= 0.6 is 15.9 Å². The number of hydrogen-bond donors (Lipinski definition) is 0. The molecule has 1 saturated heterocycles. The van der Waals surface area contributed by atoms with Crippen LogP contribution in [0.15, 0.2) is 46.6 Å². The molecule has 1 aliphatic heterocycles. The fourth-order valence-corrected chi connectivity index (χ4v) is 2.61. The number of cyclic esters (lactones) is 1. The predicted molar refractivity (Wildman–Crippen MR) is 83.6 cm³/mol. The number of aryl methyl sites for hydroxylation is 1. The molecule has 1 aliphatic rings. The van der Waals surface area contributed by atoms with Crippen molar-refractivity contribution >= 4 is 21.9 Å². The Hall–Kier alpha value is -1.31. The van der Waals surface area contributed by atoms with Gasteiger partial charge in [-0.25, -0.2) is 0 Å². The molecule has 0 radical (unpaired) electrons. The van der Waals surface area contributed by atoms with Crippen LogP contribution in [0.1, 0.15) is 37.7 Å². The third-order valence-electron chi connectivity index (χ3n) is 3.28. The summed E-state index contributed by atoms with van der Waals surface area (Å²) in [4.78, 5) is 11.2. The van der Waals surface area contributed by atoms with Gasteiger partial charge in [-0.05, 0) is 59.7 Å². The quantitative estimate of drug-likeness (QED) is 0.583. The van der Waals surface area contributed by atoms with Gasteiger partial charge in [-0.15, -0.1) is 5.73 Å². The van der Waals surface area contributed by atoms with E-state index in [-0.39, 0.29) is 12.1 Å². The van der Waals surface area contributed by atoms with Gasteiger partial charge in [0.1, 0.15) is 6.10 Å². The topological polar surface area (TPSA) is 26.3 Å². The number of carbonyl (C=O) groups is 1. The highest BCUT2D eigenvalue weighted by Gasteiger charge is 2.17. The predicted octanol–water partition coefficient (Wildman–Crippen LogP) is 4.54. The average Bonchev–Trinajstić information content (AvgIpc) is 2.46. The van der Waals surface area contributed by atoms with Crippen molar-refractivity contribution in [3.63, 3.8) is 0 Å². The molecule has 0 unspecified atom stereocenters. The van der Waals surface area contributed by atoms with Gasteiger partial charge in [0, 0.05) is 10.9 Å². The smallest absolute Gasteiger partial charge is 0.306 e. The Labute approximate surface area is 128 Å². The van der Waals surface area contributed by atoms with Gasteiger partial charge < -0.3 is 4.74 Å². The van der Waals surface area contributed by atoms with Gasteiger partial charge in [-0.2, -0.15) is 0 Å². The summed E-state index contributed by atoms with van der Waals surface area (Å²) in [7, 11) is 0. The molecule has 1 heterocycles. The summed E-state index contributed by atoms with van der Waals surface area (Å²) in [6.45, 7) is 0. The highest BCUT2D eigenvalue weighted by molar-refractivity contribution is 9.11. The first kappa shape index (κ1) is 15.1. The molecule has 0 spiro atoms. The molecule has 0 bridgehead atoms. The maximum absolute atomic E-state index is 11.2. The van der Waals surface area contributed by atoms with Crippen LogP contribution in [0, 0.1) is 0 Å². The van der Waals surface area contributed by atoms with Crippen LogP contribution in [-0.4, -0.2) is 12.1 Å². The largest absolute Gasteiger partial charge is 0.457 e. The molecule has 20 heavy (non-hydrogen) atoms. The van der Waals surface area contributed by atoms with Crippen molar-refractivity contribution in [2.75, 3.05) is 0 Å². The molecule has 0 aliphatic carbocycles. The normalized spacial score (nSPS) is 18.1. The second-order valence-corrected chi connectivity index (χ2v) is 5.93. The highest BCUT2D eigenvalue weighted by Crippen LogP contribution is 2.17. The lowest BCUT2D eigenvalue weighted by atomic mass is 10.1. The molecule has 0 aromatic heterocycles. The molecule has 0 amide bonds. The van der Waals surface area contributed by atoms with Crippen LogP contribution in [0.3, 0.4) is 0 Å². The van der Waals surface area contributed by atoms with Crippen molar-refractivity contribution in [3.8, 4) is 0 Å². The molecule has 1 aromatic rings. The zero-order valence-electron chi connectivity index (χ0n) is 11.5. The van der Waals surface area contributed by atoms with Crippen molar-refractivity contribution in [1.82, 2.24) is 0 Å². The highest BCUT2D eigenvalue weighted by atomic mass is 79.9. The molecule has 1 fully saturated rings. The molecule has 1 aromatic carbocycles. The Morgan fingerprint density at radius 3 is 2.95 bits per heavy atom. The van der Waals surface area contributed by atoms with E-state index in [0.717, 1.165) is 36.6 Å². The van der Waals surface area contributed by atoms with Gasteiger partial charge >= 0.3 is 5.97 Å². The van der Waals surface area contributed by atoms with Gasteiger partial charge in [0.2, 0.25) is 0 Å². The van der Waals surface area contributed by atoms with E-state index in [1.807, 2.05) is 12.1 Å². The minimum atomic E-state index is -0.0991. The summed E-state index contributed by atoms with van der Waals surface area (Å²) >= 11 is 3.53. The van der Waals surface area contributed by atoms with Crippen LogP contribution in [0.4, 0.5) is 0 Å². The fourth-order valence-electron chi connectivity index (χ4n) is 2.20. The number of esters is 1. The van der Waals surface area contributed by atoms with Crippen LogP contribution in [0.25, 0.3) is 0 Å². The molecular weight excluding hydrogens is 316 g/mol. The second-order valence-electron chi connectivity index (χ2n) is 4.98. The third kappa shape index (κ3) is 5.36. The molecular formula is C17H19BrO2. The van der Waals surface area contributed by atoms with Crippen molar-refractivity contribution in [3.05, 3.63) is 52.2 Å². The Morgan fingerprint density at radius 2 is 2.20 bits per heavy atom. The SMILES string of the molecule is O=C1CCC[C@@H](C=C=C(Br)CCCc2ccccc2)O1. The van der Waals surface area contributed by atoms with E-state index in [9.17, 15) is 4.79 Å². The molecule has 2 rings (SSSR count). The first-order valence-corrected chi connectivity index (χ1v) is 7.88. The number of rotatable bonds is 5. The summed E-state index contributed by atoms with van der Waals surface area (Å²) in [6, 6.07) is 10.5. The standard InChI is InChI=1S/C17H19BrO2/c18-15(9-4-8-14-6-2-1-3-7-14)12-13-16-10-5-11-17(19)20-16/h1-3,6-7,13,16H,4-5,8-11H2/t12?,16-/m0/s1. The van der Waals surface area contributed by atoms with Crippen molar-refractivity contribution < 1.29 is 9.53 Å². The van der Waals surface area contributed by atoms with Crippen molar-refractivity contribution in [2.24, 2.45) is 0 Å².